The SMILES string of the molecule is CC[C@@H](C(=O)OC)c1ccc(C)cc1. The van der Waals surface area contributed by atoms with E-state index in [-0.39, 0.29) is 11.9 Å². The first-order valence-corrected chi connectivity index (χ1v) is 4.83. The van der Waals surface area contributed by atoms with E-state index in [1.165, 1.54) is 12.7 Å². The van der Waals surface area contributed by atoms with E-state index in [1.807, 2.05) is 38.1 Å². The lowest BCUT2D eigenvalue weighted by atomic mass is 9.96. The maximum Gasteiger partial charge on any atom is 0.313 e. The molecule has 14 heavy (non-hydrogen) atoms. The van der Waals surface area contributed by atoms with Crippen molar-refractivity contribution in [3.63, 3.8) is 0 Å². The molecule has 0 saturated heterocycles. The van der Waals surface area contributed by atoms with Crippen molar-refractivity contribution < 1.29 is 9.53 Å². The summed E-state index contributed by atoms with van der Waals surface area (Å²) >= 11 is 0. The van der Waals surface area contributed by atoms with Crippen LogP contribution in [-0.4, -0.2) is 13.1 Å². The highest BCUT2D eigenvalue weighted by Crippen LogP contribution is 2.21. The van der Waals surface area contributed by atoms with Crippen molar-refractivity contribution in [1.29, 1.82) is 0 Å². The molecule has 0 amide bonds. The summed E-state index contributed by atoms with van der Waals surface area (Å²) in [6.45, 7) is 4.02. The van der Waals surface area contributed by atoms with Crippen molar-refractivity contribution in [2.45, 2.75) is 26.2 Å². The topological polar surface area (TPSA) is 26.3 Å². The predicted molar refractivity (Wildman–Crippen MR) is 56.2 cm³/mol. The number of hydrogen-bond acceptors (Lipinski definition) is 2. The minimum atomic E-state index is -0.156. The average Bonchev–Trinajstić information content (AvgIpc) is 2.21. The molecular formula is C12H16O2. The Morgan fingerprint density at radius 3 is 2.36 bits per heavy atom. The third-order valence-corrected chi connectivity index (χ3v) is 2.37. The van der Waals surface area contributed by atoms with Gasteiger partial charge in [0.1, 0.15) is 0 Å². The molecule has 0 bridgehead atoms. The fraction of sp³-hybridized carbons (Fsp3) is 0.417. The number of aryl methyl sites for hydroxylation is 1. The summed E-state index contributed by atoms with van der Waals surface area (Å²) in [7, 11) is 1.43. The molecule has 0 spiro atoms. The number of methoxy groups -OCH3 is 1. The number of rotatable bonds is 3. The maximum absolute atomic E-state index is 11.4. The van der Waals surface area contributed by atoms with Gasteiger partial charge in [-0.3, -0.25) is 4.79 Å². The molecule has 0 saturated carbocycles. The molecule has 76 valence electrons. The Bertz CT molecular complexity index is 301. The Morgan fingerprint density at radius 2 is 1.93 bits per heavy atom. The summed E-state index contributed by atoms with van der Waals surface area (Å²) in [6, 6.07) is 8.00. The van der Waals surface area contributed by atoms with E-state index in [0.717, 1.165) is 12.0 Å². The second-order valence-corrected chi connectivity index (χ2v) is 3.39. The largest absolute Gasteiger partial charge is 0.469 e. The Balaban J connectivity index is 2.89. The van der Waals surface area contributed by atoms with E-state index in [1.54, 1.807) is 0 Å². The van der Waals surface area contributed by atoms with Crippen LogP contribution in [0.15, 0.2) is 24.3 Å². The molecule has 0 aliphatic carbocycles. The Morgan fingerprint density at radius 1 is 1.36 bits per heavy atom. The molecule has 0 radical (unpaired) electrons. The first-order chi connectivity index (χ1) is 6.69. The van der Waals surface area contributed by atoms with E-state index in [9.17, 15) is 4.79 Å². The lowest BCUT2D eigenvalue weighted by Gasteiger charge is -2.12. The molecule has 1 atom stereocenters. The predicted octanol–water partition coefficient (Wildman–Crippen LogP) is 2.66. The summed E-state index contributed by atoms with van der Waals surface area (Å²) in [5, 5.41) is 0. The van der Waals surface area contributed by atoms with Crippen molar-refractivity contribution >= 4 is 5.97 Å². The van der Waals surface area contributed by atoms with Crippen LogP contribution in [0.3, 0.4) is 0 Å². The Hall–Kier alpha value is -1.31. The third-order valence-electron chi connectivity index (χ3n) is 2.37. The number of ether oxygens (including phenoxy) is 1. The van der Waals surface area contributed by atoms with Gasteiger partial charge in [0.25, 0.3) is 0 Å². The van der Waals surface area contributed by atoms with Crippen molar-refractivity contribution in [3.05, 3.63) is 35.4 Å². The van der Waals surface area contributed by atoms with Crippen LogP contribution in [0.5, 0.6) is 0 Å². The lowest BCUT2D eigenvalue weighted by Crippen LogP contribution is -2.13. The molecule has 0 unspecified atom stereocenters. The Labute approximate surface area is 84.9 Å². The van der Waals surface area contributed by atoms with Crippen molar-refractivity contribution in [2.24, 2.45) is 0 Å². The van der Waals surface area contributed by atoms with Crippen molar-refractivity contribution in [1.82, 2.24) is 0 Å². The molecule has 0 aromatic heterocycles. The Kier molecular flexibility index (Phi) is 3.69. The summed E-state index contributed by atoms with van der Waals surface area (Å²) in [5.41, 5.74) is 2.23. The van der Waals surface area contributed by atoms with Gasteiger partial charge in [-0.05, 0) is 18.9 Å². The van der Waals surface area contributed by atoms with E-state index in [4.69, 9.17) is 4.74 Å². The van der Waals surface area contributed by atoms with Gasteiger partial charge in [-0.15, -0.1) is 0 Å². The molecule has 2 heteroatoms. The first-order valence-electron chi connectivity index (χ1n) is 4.83. The fourth-order valence-electron chi connectivity index (χ4n) is 1.48. The normalized spacial score (nSPS) is 12.2. The molecule has 0 aliphatic rings. The van der Waals surface area contributed by atoms with Gasteiger partial charge in [0.15, 0.2) is 0 Å². The van der Waals surface area contributed by atoms with Crippen LogP contribution in [0.4, 0.5) is 0 Å². The second kappa shape index (κ2) is 4.80. The monoisotopic (exact) mass is 192 g/mol. The van der Waals surface area contributed by atoms with Gasteiger partial charge in [-0.1, -0.05) is 36.8 Å². The summed E-state index contributed by atoms with van der Waals surface area (Å²) < 4.78 is 4.75. The average molecular weight is 192 g/mol. The van der Waals surface area contributed by atoms with Gasteiger partial charge < -0.3 is 4.74 Å². The second-order valence-electron chi connectivity index (χ2n) is 3.39. The standard InChI is InChI=1S/C12H16O2/c1-4-11(12(13)14-3)10-7-5-9(2)6-8-10/h5-8,11H,4H2,1-3H3/t11-/m1/s1. The molecule has 0 N–H and O–H groups in total. The van der Waals surface area contributed by atoms with E-state index in [0.29, 0.717) is 0 Å². The summed E-state index contributed by atoms with van der Waals surface area (Å²) in [6.07, 6.45) is 0.774. The highest BCUT2D eigenvalue weighted by atomic mass is 16.5. The van der Waals surface area contributed by atoms with Crippen LogP contribution in [-0.2, 0) is 9.53 Å². The number of carbonyl (C=O) groups excluding carboxylic acids is 1. The van der Waals surface area contributed by atoms with E-state index >= 15 is 0 Å². The van der Waals surface area contributed by atoms with Crippen LogP contribution >= 0.6 is 0 Å². The van der Waals surface area contributed by atoms with Gasteiger partial charge in [-0.2, -0.15) is 0 Å². The van der Waals surface area contributed by atoms with Crippen LogP contribution < -0.4 is 0 Å². The lowest BCUT2D eigenvalue weighted by molar-refractivity contribution is -0.142. The van der Waals surface area contributed by atoms with Gasteiger partial charge in [0.05, 0.1) is 13.0 Å². The molecule has 1 rings (SSSR count). The molecule has 0 fully saturated rings. The summed E-state index contributed by atoms with van der Waals surface area (Å²) in [5.74, 6) is -0.281. The number of esters is 1. The third kappa shape index (κ3) is 2.34. The summed E-state index contributed by atoms with van der Waals surface area (Å²) in [4.78, 5) is 11.4. The molecule has 0 aliphatic heterocycles. The molecule has 0 heterocycles. The zero-order valence-corrected chi connectivity index (χ0v) is 8.91. The molecule has 1 aromatic carbocycles. The van der Waals surface area contributed by atoms with Crippen LogP contribution in [0.1, 0.15) is 30.4 Å². The number of hydrogen-bond donors (Lipinski definition) is 0. The van der Waals surface area contributed by atoms with Crippen LogP contribution in [0.2, 0.25) is 0 Å². The number of carbonyl (C=O) groups is 1. The minimum Gasteiger partial charge on any atom is -0.469 e. The highest BCUT2D eigenvalue weighted by Gasteiger charge is 2.18. The molecular weight excluding hydrogens is 176 g/mol. The van der Waals surface area contributed by atoms with E-state index < -0.39 is 0 Å². The zero-order chi connectivity index (χ0) is 10.6. The maximum atomic E-state index is 11.4. The van der Waals surface area contributed by atoms with Gasteiger partial charge in [0, 0.05) is 0 Å². The van der Waals surface area contributed by atoms with Crippen molar-refractivity contribution in [3.8, 4) is 0 Å². The highest BCUT2D eigenvalue weighted by molar-refractivity contribution is 5.77. The van der Waals surface area contributed by atoms with Crippen LogP contribution in [0.25, 0.3) is 0 Å². The van der Waals surface area contributed by atoms with Gasteiger partial charge in [0.2, 0.25) is 0 Å². The van der Waals surface area contributed by atoms with Gasteiger partial charge >= 0.3 is 5.97 Å². The van der Waals surface area contributed by atoms with Crippen LogP contribution in [0, 0.1) is 6.92 Å². The zero-order valence-electron chi connectivity index (χ0n) is 8.91. The minimum absolute atomic E-state index is 0.124. The first kappa shape index (κ1) is 10.8. The molecule has 2 nitrogen and oxygen atoms in total. The smallest absolute Gasteiger partial charge is 0.313 e. The molecule has 1 aromatic rings. The van der Waals surface area contributed by atoms with Crippen molar-refractivity contribution in [2.75, 3.05) is 7.11 Å². The number of benzene rings is 1. The quantitative estimate of drug-likeness (QED) is 0.688. The van der Waals surface area contributed by atoms with Gasteiger partial charge in [-0.25, -0.2) is 0 Å². The fourth-order valence-corrected chi connectivity index (χ4v) is 1.48. The van der Waals surface area contributed by atoms with E-state index in [2.05, 4.69) is 0 Å².